The maximum absolute atomic E-state index is 12.7. The predicted molar refractivity (Wildman–Crippen MR) is 93.5 cm³/mol. The topological polar surface area (TPSA) is 110 Å². The van der Waals surface area contributed by atoms with E-state index >= 15 is 0 Å². The summed E-state index contributed by atoms with van der Waals surface area (Å²) in [5.74, 6) is -1.58. The molecule has 0 saturated heterocycles. The molecule has 0 aromatic heterocycles. The quantitative estimate of drug-likeness (QED) is 0.562. The van der Waals surface area contributed by atoms with E-state index < -0.39 is 22.6 Å². The molecule has 0 aliphatic carbocycles. The number of benzene rings is 1. The van der Waals surface area contributed by atoms with Crippen LogP contribution < -0.4 is 0 Å². The van der Waals surface area contributed by atoms with Gasteiger partial charge in [0.15, 0.2) is 11.5 Å². The smallest absolute Gasteiger partial charge is 0.290 e. The van der Waals surface area contributed by atoms with Gasteiger partial charge in [0.05, 0.1) is 23.1 Å². The third-order valence-electron chi connectivity index (χ3n) is 4.13. The van der Waals surface area contributed by atoms with Crippen LogP contribution in [0.5, 0.6) is 0 Å². The Morgan fingerprint density at radius 1 is 1.42 bits per heavy atom. The number of non-ortho nitro benzene ring substituents is 1. The number of hydrogen-bond acceptors (Lipinski definition) is 6. The maximum atomic E-state index is 12.7. The number of carbonyl (C=O) groups is 2. The molecule has 0 bridgehead atoms. The number of amides is 1. The lowest BCUT2D eigenvalue weighted by atomic mass is 9.92. The number of nitrogens with zero attached hydrogens (tertiary/aromatic N) is 2. The van der Waals surface area contributed by atoms with E-state index in [-0.39, 0.29) is 42.5 Å². The van der Waals surface area contributed by atoms with Gasteiger partial charge in [0, 0.05) is 32.2 Å². The van der Waals surface area contributed by atoms with Crippen molar-refractivity contribution in [1.82, 2.24) is 4.90 Å². The van der Waals surface area contributed by atoms with Gasteiger partial charge in [-0.15, -0.1) is 0 Å². The van der Waals surface area contributed by atoms with E-state index in [1.54, 1.807) is 6.07 Å². The lowest BCUT2D eigenvalue weighted by Gasteiger charge is -2.26. The number of Topliss-reactive ketones (excluding diaryl/α,β-unsaturated/α-hetero) is 1. The van der Waals surface area contributed by atoms with E-state index in [2.05, 4.69) is 0 Å². The lowest BCUT2D eigenvalue weighted by Crippen LogP contribution is -2.34. The molecule has 1 unspecified atom stereocenters. The predicted octanol–water partition coefficient (Wildman–Crippen LogP) is 2.55. The standard InChI is InChI=1S/C18H22N2O6/c1-11(2)9-14(21)15-16(12-5-4-6-13(10-12)20(24)25)19(7-8-26-3)18(23)17(15)22/h4-6,10-11,16,22H,7-9H2,1-3H3. The molecule has 1 aromatic rings. The summed E-state index contributed by atoms with van der Waals surface area (Å²) in [6.07, 6.45) is 0.163. The first-order valence-electron chi connectivity index (χ1n) is 8.28. The van der Waals surface area contributed by atoms with Crippen LogP contribution in [0.15, 0.2) is 35.6 Å². The first kappa shape index (κ1) is 19.6. The fraction of sp³-hybridized carbons (Fsp3) is 0.444. The molecule has 1 atom stereocenters. The van der Waals surface area contributed by atoms with E-state index in [4.69, 9.17) is 4.74 Å². The van der Waals surface area contributed by atoms with Crippen molar-refractivity contribution >= 4 is 17.4 Å². The molecule has 0 spiro atoms. The highest BCUT2D eigenvalue weighted by atomic mass is 16.6. The maximum Gasteiger partial charge on any atom is 0.290 e. The van der Waals surface area contributed by atoms with E-state index in [1.165, 1.54) is 30.2 Å². The molecule has 1 amide bonds. The summed E-state index contributed by atoms with van der Waals surface area (Å²) in [4.78, 5) is 37.0. The number of methoxy groups -OCH3 is 1. The molecule has 0 fully saturated rings. The zero-order valence-corrected chi connectivity index (χ0v) is 15.0. The van der Waals surface area contributed by atoms with Gasteiger partial charge in [0.25, 0.3) is 11.6 Å². The number of carbonyl (C=O) groups excluding carboxylic acids is 2. The molecule has 1 heterocycles. The SMILES string of the molecule is COCCN1C(=O)C(O)=C(C(=O)CC(C)C)C1c1cccc([N+](=O)[O-])c1. The first-order valence-corrected chi connectivity index (χ1v) is 8.28. The Balaban J connectivity index is 2.52. The second-order valence-electron chi connectivity index (χ2n) is 6.53. The molecule has 1 aliphatic rings. The van der Waals surface area contributed by atoms with Crippen LogP contribution in [0.4, 0.5) is 5.69 Å². The highest BCUT2D eigenvalue weighted by Gasteiger charge is 2.43. The van der Waals surface area contributed by atoms with E-state index in [0.29, 0.717) is 5.56 Å². The third kappa shape index (κ3) is 3.91. The molecule has 1 aliphatic heterocycles. The van der Waals surface area contributed by atoms with Gasteiger partial charge in [-0.25, -0.2) is 0 Å². The minimum atomic E-state index is -0.871. The molecule has 0 radical (unpaired) electrons. The second kappa shape index (κ2) is 8.09. The zero-order valence-electron chi connectivity index (χ0n) is 15.0. The minimum Gasteiger partial charge on any atom is -0.503 e. The van der Waals surface area contributed by atoms with Crippen molar-refractivity contribution in [3.63, 3.8) is 0 Å². The monoisotopic (exact) mass is 362 g/mol. The van der Waals surface area contributed by atoms with Crippen molar-refractivity contribution in [2.24, 2.45) is 5.92 Å². The summed E-state index contributed by atoms with van der Waals surface area (Å²) in [6.45, 7) is 4.07. The van der Waals surface area contributed by atoms with Crippen LogP contribution in [-0.4, -0.2) is 46.9 Å². The Morgan fingerprint density at radius 3 is 2.69 bits per heavy atom. The van der Waals surface area contributed by atoms with Gasteiger partial charge >= 0.3 is 0 Å². The second-order valence-corrected chi connectivity index (χ2v) is 6.53. The summed E-state index contributed by atoms with van der Waals surface area (Å²) < 4.78 is 5.01. The van der Waals surface area contributed by atoms with E-state index in [0.717, 1.165) is 0 Å². The number of aliphatic hydroxyl groups excluding tert-OH is 1. The molecule has 8 nitrogen and oxygen atoms in total. The van der Waals surface area contributed by atoms with Gasteiger partial charge in [-0.2, -0.15) is 0 Å². The largest absolute Gasteiger partial charge is 0.503 e. The number of ketones is 1. The van der Waals surface area contributed by atoms with Crippen molar-refractivity contribution in [1.29, 1.82) is 0 Å². The van der Waals surface area contributed by atoms with Gasteiger partial charge in [-0.3, -0.25) is 19.7 Å². The Bertz CT molecular complexity index is 756. The Labute approximate surface area is 151 Å². The van der Waals surface area contributed by atoms with Crippen LogP contribution in [-0.2, 0) is 14.3 Å². The number of aliphatic hydroxyl groups is 1. The van der Waals surface area contributed by atoms with Gasteiger partial charge in [-0.05, 0) is 11.5 Å². The molecule has 26 heavy (non-hydrogen) atoms. The van der Waals surface area contributed by atoms with Crippen LogP contribution in [0.25, 0.3) is 0 Å². The molecule has 140 valence electrons. The summed E-state index contributed by atoms with van der Waals surface area (Å²) in [5, 5.41) is 21.4. The highest BCUT2D eigenvalue weighted by molar-refractivity contribution is 6.09. The Kier molecular flexibility index (Phi) is 6.10. The summed E-state index contributed by atoms with van der Waals surface area (Å²) in [5.41, 5.74) is 0.240. The normalized spacial score (nSPS) is 17.3. The van der Waals surface area contributed by atoms with Gasteiger partial charge in [0.1, 0.15) is 0 Å². The molecular formula is C18H22N2O6. The number of rotatable bonds is 8. The van der Waals surface area contributed by atoms with Crippen molar-refractivity contribution in [3.05, 3.63) is 51.3 Å². The fourth-order valence-electron chi connectivity index (χ4n) is 2.99. The van der Waals surface area contributed by atoms with Crippen LogP contribution in [0.3, 0.4) is 0 Å². The van der Waals surface area contributed by atoms with Crippen LogP contribution in [0.1, 0.15) is 31.9 Å². The highest BCUT2D eigenvalue weighted by Crippen LogP contribution is 2.39. The van der Waals surface area contributed by atoms with Crippen molar-refractivity contribution < 1.29 is 24.4 Å². The number of hydrogen-bond donors (Lipinski definition) is 1. The van der Waals surface area contributed by atoms with Crippen LogP contribution >= 0.6 is 0 Å². The van der Waals surface area contributed by atoms with Crippen molar-refractivity contribution in [2.45, 2.75) is 26.3 Å². The van der Waals surface area contributed by atoms with Crippen molar-refractivity contribution in [2.75, 3.05) is 20.3 Å². The Hall–Kier alpha value is -2.74. The van der Waals surface area contributed by atoms with Gasteiger partial charge in [-0.1, -0.05) is 26.0 Å². The average molecular weight is 362 g/mol. The number of nitro groups is 1. The fourth-order valence-corrected chi connectivity index (χ4v) is 2.99. The first-order chi connectivity index (χ1) is 12.3. The number of nitro benzene ring substituents is 1. The zero-order chi connectivity index (χ0) is 19.4. The summed E-state index contributed by atoms with van der Waals surface area (Å²) in [6, 6.07) is 4.87. The third-order valence-corrected chi connectivity index (χ3v) is 4.13. The molecule has 1 aromatic carbocycles. The summed E-state index contributed by atoms with van der Waals surface area (Å²) >= 11 is 0. The molecule has 2 rings (SSSR count). The number of ether oxygens (including phenoxy) is 1. The average Bonchev–Trinajstić information content (AvgIpc) is 2.84. The Morgan fingerprint density at radius 2 is 2.12 bits per heavy atom. The van der Waals surface area contributed by atoms with Crippen molar-refractivity contribution in [3.8, 4) is 0 Å². The van der Waals surface area contributed by atoms with E-state index in [1.807, 2.05) is 13.8 Å². The summed E-state index contributed by atoms with van der Waals surface area (Å²) in [7, 11) is 1.47. The van der Waals surface area contributed by atoms with Crippen LogP contribution in [0, 0.1) is 16.0 Å². The van der Waals surface area contributed by atoms with E-state index in [9.17, 15) is 24.8 Å². The molecule has 8 heteroatoms. The lowest BCUT2D eigenvalue weighted by molar-refractivity contribution is -0.384. The molecular weight excluding hydrogens is 340 g/mol. The van der Waals surface area contributed by atoms with Gasteiger partial charge < -0.3 is 14.7 Å². The molecule has 1 N–H and O–H groups in total. The minimum absolute atomic E-state index is 0.0136. The molecule has 0 saturated carbocycles. The van der Waals surface area contributed by atoms with Gasteiger partial charge in [0.2, 0.25) is 0 Å². The van der Waals surface area contributed by atoms with Crippen LogP contribution in [0.2, 0.25) is 0 Å².